The Hall–Kier alpha value is -3.44. The molecule has 0 fully saturated rings. The maximum Gasteiger partial charge on any atom is 0.417 e. The van der Waals surface area contributed by atoms with Crippen molar-refractivity contribution in [2.75, 3.05) is 30.4 Å². The lowest BCUT2D eigenvalue weighted by Gasteiger charge is -2.25. The third-order valence-corrected chi connectivity index (χ3v) is 7.24. The Balaban J connectivity index is 2.04. The van der Waals surface area contributed by atoms with Crippen LogP contribution in [-0.4, -0.2) is 35.1 Å². The minimum Gasteiger partial charge on any atom is -0.497 e. The van der Waals surface area contributed by atoms with E-state index in [1.807, 2.05) is 0 Å². The molecule has 0 unspecified atom stereocenters. The van der Waals surface area contributed by atoms with Gasteiger partial charge >= 0.3 is 6.18 Å². The minimum absolute atomic E-state index is 0.202. The van der Waals surface area contributed by atoms with Crippen molar-refractivity contribution in [2.45, 2.75) is 18.0 Å². The molecule has 0 saturated carbocycles. The first-order valence-corrected chi connectivity index (χ1v) is 12.2. The van der Waals surface area contributed by atoms with Crippen LogP contribution in [0.1, 0.15) is 11.1 Å². The number of methoxy groups -OCH3 is 2. The second-order valence-corrected chi connectivity index (χ2v) is 9.87. The zero-order chi connectivity index (χ0) is 26.7. The van der Waals surface area contributed by atoms with Crippen LogP contribution in [0.4, 0.5) is 24.5 Å². The van der Waals surface area contributed by atoms with Crippen molar-refractivity contribution in [2.24, 2.45) is 0 Å². The van der Waals surface area contributed by atoms with Crippen LogP contribution in [0.3, 0.4) is 0 Å². The van der Waals surface area contributed by atoms with Gasteiger partial charge < -0.3 is 14.8 Å². The summed E-state index contributed by atoms with van der Waals surface area (Å²) in [6.07, 6.45) is -4.84. The number of halogens is 4. The summed E-state index contributed by atoms with van der Waals surface area (Å²) in [4.78, 5) is 12.7. The highest BCUT2D eigenvalue weighted by atomic mass is 35.5. The van der Waals surface area contributed by atoms with Crippen molar-refractivity contribution in [1.29, 1.82) is 0 Å². The number of aryl methyl sites for hydroxylation is 1. The Labute approximate surface area is 211 Å². The zero-order valence-corrected chi connectivity index (χ0v) is 21.0. The molecule has 0 spiro atoms. The molecule has 192 valence electrons. The van der Waals surface area contributed by atoms with Gasteiger partial charge in [0, 0.05) is 6.07 Å². The number of amides is 1. The van der Waals surface area contributed by atoms with Crippen LogP contribution in [0.5, 0.6) is 11.5 Å². The number of carbonyl (C=O) groups excluding carboxylic acids is 1. The number of carbonyl (C=O) groups is 1. The van der Waals surface area contributed by atoms with Crippen LogP contribution < -0.4 is 19.1 Å². The first kappa shape index (κ1) is 27.2. The maximum absolute atomic E-state index is 13.5. The van der Waals surface area contributed by atoms with Gasteiger partial charge in [0.1, 0.15) is 18.0 Å². The molecule has 0 heterocycles. The van der Waals surface area contributed by atoms with Gasteiger partial charge in [-0.05, 0) is 49.4 Å². The smallest absolute Gasteiger partial charge is 0.417 e. The van der Waals surface area contributed by atoms with Crippen LogP contribution in [0.2, 0.25) is 5.02 Å². The van der Waals surface area contributed by atoms with Crippen molar-refractivity contribution >= 4 is 38.9 Å². The van der Waals surface area contributed by atoms with Gasteiger partial charge in [0.15, 0.2) is 0 Å². The summed E-state index contributed by atoms with van der Waals surface area (Å²) >= 11 is 5.71. The lowest BCUT2D eigenvalue weighted by molar-refractivity contribution is -0.137. The van der Waals surface area contributed by atoms with Crippen LogP contribution in [0.15, 0.2) is 65.6 Å². The monoisotopic (exact) mass is 542 g/mol. The van der Waals surface area contributed by atoms with Gasteiger partial charge in [-0.1, -0.05) is 29.3 Å². The minimum atomic E-state index is -4.84. The van der Waals surface area contributed by atoms with E-state index in [4.69, 9.17) is 21.1 Å². The van der Waals surface area contributed by atoms with Gasteiger partial charge in [-0.2, -0.15) is 13.2 Å². The van der Waals surface area contributed by atoms with Gasteiger partial charge in [-0.15, -0.1) is 0 Å². The van der Waals surface area contributed by atoms with Crippen LogP contribution in [0.25, 0.3) is 0 Å². The van der Waals surface area contributed by atoms with Crippen molar-refractivity contribution in [3.63, 3.8) is 0 Å². The molecule has 0 saturated heterocycles. The van der Waals surface area contributed by atoms with E-state index in [9.17, 15) is 26.4 Å². The normalized spacial score (nSPS) is 11.6. The predicted molar refractivity (Wildman–Crippen MR) is 130 cm³/mol. The molecule has 1 N–H and O–H groups in total. The number of nitrogens with one attached hydrogen (secondary N) is 1. The highest BCUT2D eigenvalue weighted by molar-refractivity contribution is 7.92. The molecule has 0 aromatic heterocycles. The molecule has 0 aliphatic rings. The lowest BCUT2D eigenvalue weighted by Crippen LogP contribution is -2.38. The van der Waals surface area contributed by atoms with Crippen molar-refractivity contribution in [3.05, 3.63) is 76.8 Å². The number of rotatable bonds is 8. The number of benzene rings is 3. The molecule has 7 nitrogen and oxygen atoms in total. The molecule has 0 aliphatic heterocycles. The molecule has 36 heavy (non-hydrogen) atoms. The lowest BCUT2D eigenvalue weighted by atomic mass is 10.2. The number of nitrogens with zero attached hydrogens (tertiary/aromatic N) is 1. The number of anilines is 2. The van der Waals surface area contributed by atoms with E-state index in [-0.39, 0.29) is 22.0 Å². The van der Waals surface area contributed by atoms with Crippen LogP contribution in [-0.2, 0) is 21.0 Å². The van der Waals surface area contributed by atoms with E-state index >= 15 is 0 Å². The van der Waals surface area contributed by atoms with Crippen LogP contribution >= 0.6 is 11.6 Å². The average Bonchev–Trinajstić information content (AvgIpc) is 2.82. The second-order valence-electron chi connectivity index (χ2n) is 7.60. The van der Waals surface area contributed by atoms with Gasteiger partial charge in [0.05, 0.1) is 41.1 Å². The number of sulfonamides is 1. The summed E-state index contributed by atoms with van der Waals surface area (Å²) in [6, 6.07) is 12.9. The summed E-state index contributed by atoms with van der Waals surface area (Å²) < 4.78 is 78.4. The Morgan fingerprint density at radius 3 is 2.25 bits per heavy atom. The first-order chi connectivity index (χ1) is 16.9. The standard InChI is InChI=1S/C24H22ClF3N2O5S/c1-15-4-8-18(9-5-15)36(32,33)30(16-6-10-20(25)19(12-16)24(26,27)28)14-23(31)29-21-11-7-17(34-2)13-22(21)35-3/h4-13H,14H2,1-3H3,(H,29,31). The zero-order valence-electron chi connectivity index (χ0n) is 19.4. The topological polar surface area (TPSA) is 84.9 Å². The SMILES string of the molecule is COc1ccc(NC(=O)CN(c2ccc(Cl)c(C(F)(F)F)c2)S(=O)(=O)c2ccc(C)cc2)c(OC)c1. The molecule has 3 aromatic rings. The van der Waals surface area contributed by atoms with E-state index in [0.29, 0.717) is 16.1 Å². The predicted octanol–water partition coefficient (Wildman–Crippen LogP) is 5.52. The summed E-state index contributed by atoms with van der Waals surface area (Å²) in [7, 11) is -1.64. The highest BCUT2D eigenvalue weighted by Crippen LogP contribution is 2.38. The van der Waals surface area contributed by atoms with E-state index in [1.165, 1.54) is 50.6 Å². The Morgan fingerprint density at radius 1 is 1.00 bits per heavy atom. The number of alkyl halides is 3. The van der Waals surface area contributed by atoms with Crippen LogP contribution in [0, 0.1) is 6.92 Å². The summed E-state index contributed by atoms with van der Waals surface area (Å²) in [6.45, 7) is 0.920. The number of hydrogen-bond acceptors (Lipinski definition) is 5. The summed E-state index contributed by atoms with van der Waals surface area (Å²) in [5, 5.41) is 1.92. The van der Waals surface area contributed by atoms with Gasteiger partial charge in [-0.25, -0.2) is 8.42 Å². The Bertz CT molecular complexity index is 1360. The Morgan fingerprint density at radius 2 is 1.67 bits per heavy atom. The second kappa shape index (κ2) is 10.7. The molecular weight excluding hydrogens is 521 g/mol. The fourth-order valence-electron chi connectivity index (χ4n) is 3.26. The molecule has 12 heteroatoms. The quantitative estimate of drug-likeness (QED) is 0.405. The van der Waals surface area contributed by atoms with Crippen molar-refractivity contribution in [3.8, 4) is 11.5 Å². The van der Waals surface area contributed by atoms with E-state index in [1.54, 1.807) is 13.0 Å². The fourth-order valence-corrected chi connectivity index (χ4v) is 4.90. The molecule has 1 amide bonds. The molecule has 0 aliphatic carbocycles. The third kappa shape index (κ3) is 6.03. The van der Waals surface area contributed by atoms with Gasteiger partial charge in [0.25, 0.3) is 10.0 Å². The van der Waals surface area contributed by atoms with E-state index < -0.39 is 39.2 Å². The maximum atomic E-state index is 13.5. The average molecular weight is 543 g/mol. The largest absolute Gasteiger partial charge is 0.497 e. The van der Waals surface area contributed by atoms with E-state index in [0.717, 1.165) is 17.7 Å². The Kier molecular flexibility index (Phi) is 8.05. The number of ether oxygens (including phenoxy) is 2. The van der Waals surface area contributed by atoms with Gasteiger partial charge in [-0.3, -0.25) is 9.10 Å². The van der Waals surface area contributed by atoms with E-state index in [2.05, 4.69) is 5.32 Å². The van der Waals surface area contributed by atoms with Crippen molar-refractivity contribution in [1.82, 2.24) is 0 Å². The fraction of sp³-hybridized carbons (Fsp3) is 0.208. The molecular formula is C24H22ClF3N2O5S. The molecule has 0 atom stereocenters. The summed E-state index contributed by atoms with van der Waals surface area (Å²) in [5.74, 6) is -0.131. The van der Waals surface area contributed by atoms with Gasteiger partial charge in [0.2, 0.25) is 5.91 Å². The summed E-state index contributed by atoms with van der Waals surface area (Å²) in [5.41, 5.74) is -0.633. The third-order valence-electron chi connectivity index (χ3n) is 5.12. The molecule has 0 bridgehead atoms. The molecule has 3 rings (SSSR count). The molecule has 3 aromatic carbocycles. The first-order valence-electron chi connectivity index (χ1n) is 10.3. The number of hydrogen-bond donors (Lipinski definition) is 1. The molecule has 0 radical (unpaired) electrons. The van der Waals surface area contributed by atoms with Crippen molar-refractivity contribution < 1.29 is 35.9 Å². The highest BCUT2D eigenvalue weighted by Gasteiger charge is 2.35.